The summed E-state index contributed by atoms with van der Waals surface area (Å²) in [6, 6.07) is 15.9. The summed E-state index contributed by atoms with van der Waals surface area (Å²) in [5.41, 5.74) is 7.68. The highest BCUT2D eigenvalue weighted by molar-refractivity contribution is 5.76. The molecule has 2 aliphatic carbocycles. The van der Waals surface area contributed by atoms with Crippen LogP contribution in [0.5, 0.6) is 0 Å². The molecule has 0 spiro atoms. The molecule has 4 rings (SSSR count). The van der Waals surface area contributed by atoms with Gasteiger partial charge in [0.15, 0.2) is 0 Å². The predicted octanol–water partition coefficient (Wildman–Crippen LogP) is 5.27. The SMILES string of the molecule is Cc1cccc2c1C1C(C)CCC1c1ccccc1-2. The highest BCUT2D eigenvalue weighted by Crippen LogP contribution is 2.57. The molecule has 0 radical (unpaired) electrons. The van der Waals surface area contributed by atoms with Gasteiger partial charge < -0.3 is 0 Å². The average molecular weight is 248 g/mol. The Morgan fingerprint density at radius 2 is 1.68 bits per heavy atom. The molecule has 0 bridgehead atoms. The van der Waals surface area contributed by atoms with Crippen LogP contribution >= 0.6 is 0 Å². The molecule has 0 aromatic heterocycles. The zero-order valence-electron chi connectivity index (χ0n) is 11.7. The second-order valence-corrected chi connectivity index (χ2v) is 6.31. The van der Waals surface area contributed by atoms with Crippen molar-refractivity contribution in [3.8, 4) is 11.1 Å². The van der Waals surface area contributed by atoms with Crippen LogP contribution in [0.15, 0.2) is 42.5 Å². The van der Waals surface area contributed by atoms with Gasteiger partial charge in [-0.3, -0.25) is 0 Å². The standard InChI is InChI=1S/C19H20/c1-12-6-5-9-16-14-7-3-4-8-15(14)17-11-10-13(2)19(17)18(12)16/h3-9,13,17,19H,10-11H2,1-2H3. The maximum absolute atomic E-state index is 2.44. The number of benzene rings is 2. The third kappa shape index (κ3) is 1.46. The monoisotopic (exact) mass is 248 g/mol. The molecule has 0 heterocycles. The topological polar surface area (TPSA) is 0 Å². The first-order valence-corrected chi connectivity index (χ1v) is 7.46. The molecule has 2 aliphatic rings. The number of hydrogen-bond acceptors (Lipinski definition) is 0. The van der Waals surface area contributed by atoms with E-state index in [9.17, 15) is 0 Å². The third-order valence-corrected chi connectivity index (χ3v) is 5.29. The fourth-order valence-corrected chi connectivity index (χ4v) is 4.46. The summed E-state index contributed by atoms with van der Waals surface area (Å²) in [5.74, 6) is 2.31. The molecule has 1 saturated carbocycles. The zero-order valence-corrected chi connectivity index (χ0v) is 11.7. The van der Waals surface area contributed by atoms with Gasteiger partial charge in [0, 0.05) is 0 Å². The van der Waals surface area contributed by atoms with E-state index < -0.39 is 0 Å². The van der Waals surface area contributed by atoms with E-state index in [4.69, 9.17) is 0 Å². The molecule has 2 aromatic carbocycles. The number of aryl methyl sites for hydroxylation is 1. The van der Waals surface area contributed by atoms with Crippen LogP contribution in [0, 0.1) is 12.8 Å². The molecular weight excluding hydrogens is 228 g/mol. The minimum atomic E-state index is 0.742. The molecule has 0 saturated heterocycles. The summed E-state index contributed by atoms with van der Waals surface area (Å²) >= 11 is 0. The van der Waals surface area contributed by atoms with Gasteiger partial charge in [-0.2, -0.15) is 0 Å². The second kappa shape index (κ2) is 3.96. The van der Waals surface area contributed by atoms with Crippen LogP contribution in [-0.4, -0.2) is 0 Å². The third-order valence-electron chi connectivity index (χ3n) is 5.29. The fourth-order valence-electron chi connectivity index (χ4n) is 4.46. The summed E-state index contributed by atoms with van der Waals surface area (Å²) in [7, 11) is 0. The first kappa shape index (κ1) is 11.3. The maximum atomic E-state index is 2.44. The van der Waals surface area contributed by atoms with Crippen molar-refractivity contribution in [3.05, 3.63) is 59.2 Å². The van der Waals surface area contributed by atoms with Crippen molar-refractivity contribution in [2.75, 3.05) is 0 Å². The Labute approximate surface area is 115 Å². The van der Waals surface area contributed by atoms with Gasteiger partial charge in [0.05, 0.1) is 0 Å². The second-order valence-electron chi connectivity index (χ2n) is 6.31. The molecule has 0 aliphatic heterocycles. The lowest BCUT2D eigenvalue weighted by Crippen LogP contribution is -2.17. The van der Waals surface area contributed by atoms with Crippen LogP contribution in [0.4, 0.5) is 0 Å². The summed E-state index contributed by atoms with van der Waals surface area (Å²) in [4.78, 5) is 0. The highest BCUT2D eigenvalue weighted by atomic mass is 14.4. The highest BCUT2D eigenvalue weighted by Gasteiger charge is 2.41. The van der Waals surface area contributed by atoms with E-state index in [0.29, 0.717) is 0 Å². The largest absolute Gasteiger partial charge is 0.0619 e. The van der Waals surface area contributed by atoms with Crippen molar-refractivity contribution in [1.29, 1.82) is 0 Å². The van der Waals surface area contributed by atoms with E-state index in [2.05, 4.69) is 56.3 Å². The van der Waals surface area contributed by atoms with Gasteiger partial charge in [0.1, 0.15) is 0 Å². The fraction of sp³-hybridized carbons (Fsp3) is 0.368. The van der Waals surface area contributed by atoms with Crippen molar-refractivity contribution in [1.82, 2.24) is 0 Å². The summed E-state index contributed by atoms with van der Waals surface area (Å²) in [6.45, 7) is 4.73. The van der Waals surface area contributed by atoms with E-state index >= 15 is 0 Å². The molecule has 0 nitrogen and oxygen atoms in total. The quantitative estimate of drug-likeness (QED) is 0.595. The lowest BCUT2D eigenvalue weighted by molar-refractivity contribution is 0.498. The van der Waals surface area contributed by atoms with Gasteiger partial charge in [-0.1, -0.05) is 49.4 Å². The smallest absolute Gasteiger partial charge is 0.00584 e. The Bertz CT molecular complexity index is 638. The molecule has 0 heteroatoms. The van der Waals surface area contributed by atoms with Crippen LogP contribution in [0.2, 0.25) is 0 Å². The molecule has 1 fully saturated rings. The minimum Gasteiger partial charge on any atom is -0.0619 e. The lowest BCUT2D eigenvalue weighted by Gasteiger charge is -2.34. The summed E-state index contributed by atoms with van der Waals surface area (Å²) in [5, 5.41) is 0. The number of hydrogen-bond donors (Lipinski definition) is 0. The molecule has 96 valence electrons. The average Bonchev–Trinajstić information content (AvgIpc) is 2.82. The lowest BCUT2D eigenvalue weighted by atomic mass is 9.70. The van der Waals surface area contributed by atoms with E-state index in [1.165, 1.54) is 29.5 Å². The Hall–Kier alpha value is -1.56. The molecule has 19 heavy (non-hydrogen) atoms. The van der Waals surface area contributed by atoms with Crippen molar-refractivity contribution in [2.24, 2.45) is 5.92 Å². The summed E-state index contributed by atoms with van der Waals surface area (Å²) < 4.78 is 0. The molecular formula is C19H20. The summed E-state index contributed by atoms with van der Waals surface area (Å²) in [6.07, 6.45) is 2.73. The van der Waals surface area contributed by atoms with Gasteiger partial charge in [-0.05, 0) is 65.3 Å². The van der Waals surface area contributed by atoms with Crippen LogP contribution < -0.4 is 0 Å². The number of fused-ring (bicyclic) bond motifs is 6. The van der Waals surface area contributed by atoms with Crippen molar-refractivity contribution < 1.29 is 0 Å². The normalized spacial score (nSPS) is 27.6. The van der Waals surface area contributed by atoms with Gasteiger partial charge in [0.2, 0.25) is 0 Å². The van der Waals surface area contributed by atoms with Crippen molar-refractivity contribution in [3.63, 3.8) is 0 Å². The van der Waals surface area contributed by atoms with Crippen LogP contribution in [-0.2, 0) is 0 Å². The van der Waals surface area contributed by atoms with Crippen LogP contribution in [0.3, 0.4) is 0 Å². The van der Waals surface area contributed by atoms with Crippen LogP contribution in [0.25, 0.3) is 11.1 Å². The van der Waals surface area contributed by atoms with E-state index in [1.54, 1.807) is 11.1 Å². The Morgan fingerprint density at radius 3 is 2.58 bits per heavy atom. The first-order chi connectivity index (χ1) is 9.27. The molecule has 0 amide bonds. The number of rotatable bonds is 0. The van der Waals surface area contributed by atoms with Crippen LogP contribution in [0.1, 0.15) is 48.3 Å². The van der Waals surface area contributed by atoms with Gasteiger partial charge in [-0.15, -0.1) is 0 Å². The maximum Gasteiger partial charge on any atom is -0.00584 e. The van der Waals surface area contributed by atoms with Gasteiger partial charge in [0.25, 0.3) is 0 Å². The molecule has 3 atom stereocenters. The van der Waals surface area contributed by atoms with E-state index in [-0.39, 0.29) is 0 Å². The Kier molecular flexibility index (Phi) is 2.35. The minimum absolute atomic E-state index is 0.742. The van der Waals surface area contributed by atoms with E-state index in [0.717, 1.165) is 17.8 Å². The Balaban J connectivity index is 2.06. The molecule has 3 unspecified atom stereocenters. The molecule has 2 aromatic rings. The Morgan fingerprint density at radius 1 is 0.895 bits per heavy atom. The van der Waals surface area contributed by atoms with Gasteiger partial charge >= 0.3 is 0 Å². The van der Waals surface area contributed by atoms with Gasteiger partial charge in [-0.25, -0.2) is 0 Å². The van der Waals surface area contributed by atoms with E-state index in [1.807, 2.05) is 0 Å². The molecule has 0 N–H and O–H groups in total. The van der Waals surface area contributed by atoms with Crippen molar-refractivity contribution >= 4 is 0 Å². The zero-order chi connectivity index (χ0) is 13.0. The van der Waals surface area contributed by atoms with Crippen molar-refractivity contribution in [2.45, 2.75) is 38.5 Å². The first-order valence-electron chi connectivity index (χ1n) is 7.46. The predicted molar refractivity (Wildman–Crippen MR) is 80.5 cm³/mol.